The van der Waals surface area contributed by atoms with Gasteiger partial charge in [-0.15, -0.1) is 0 Å². The zero-order valence-corrected chi connectivity index (χ0v) is 8.72. The molecule has 0 aromatic heterocycles. The van der Waals surface area contributed by atoms with E-state index in [0.29, 0.717) is 0 Å². The first-order valence-electron chi connectivity index (χ1n) is 5.16. The zero-order chi connectivity index (χ0) is 11.3. The molecule has 1 saturated carbocycles. The number of benzene rings is 1. The van der Waals surface area contributed by atoms with Crippen molar-refractivity contribution in [3.05, 3.63) is 35.9 Å². The van der Waals surface area contributed by atoms with Crippen LogP contribution in [-0.2, 0) is 6.18 Å². The van der Waals surface area contributed by atoms with Gasteiger partial charge in [-0.25, -0.2) is 0 Å². The minimum absolute atomic E-state index is 0.602. The van der Waals surface area contributed by atoms with Gasteiger partial charge in [-0.05, 0) is 5.92 Å². The van der Waals surface area contributed by atoms with Crippen LogP contribution in [0.5, 0.6) is 0 Å². The van der Waals surface area contributed by atoms with E-state index in [4.69, 9.17) is 0 Å². The predicted octanol–water partition coefficient (Wildman–Crippen LogP) is 4.51. The number of alkyl halides is 3. The molecule has 84 valence electrons. The Morgan fingerprint density at radius 3 is 1.87 bits per heavy atom. The van der Waals surface area contributed by atoms with Crippen LogP contribution in [0.15, 0.2) is 30.3 Å². The molecule has 15 heavy (non-hydrogen) atoms. The summed E-state index contributed by atoms with van der Waals surface area (Å²) in [4.78, 5) is 0. The van der Waals surface area contributed by atoms with E-state index in [1.807, 2.05) is 0 Å². The molecule has 0 amide bonds. The van der Waals surface area contributed by atoms with E-state index in [2.05, 4.69) is 6.92 Å². The molecule has 1 fully saturated rings. The Bertz CT molecular complexity index is 273. The van der Waals surface area contributed by atoms with E-state index in [1.165, 1.54) is 31.4 Å². The highest BCUT2D eigenvalue weighted by Crippen LogP contribution is 2.31. The number of hydrogen-bond acceptors (Lipinski definition) is 0. The van der Waals surface area contributed by atoms with Gasteiger partial charge in [0, 0.05) is 0 Å². The molecule has 0 atom stereocenters. The molecule has 1 aliphatic rings. The van der Waals surface area contributed by atoms with Crippen LogP contribution in [-0.4, -0.2) is 0 Å². The molecule has 0 nitrogen and oxygen atoms in total. The van der Waals surface area contributed by atoms with Gasteiger partial charge in [0.25, 0.3) is 0 Å². The summed E-state index contributed by atoms with van der Waals surface area (Å²) in [6.07, 6.45) is 0.230. The average molecular weight is 216 g/mol. The Balaban J connectivity index is 0.000000187. The van der Waals surface area contributed by atoms with Gasteiger partial charge in [0.2, 0.25) is 0 Å². The van der Waals surface area contributed by atoms with E-state index >= 15 is 0 Å². The highest BCUT2D eigenvalue weighted by Gasteiger charge is 2.29. The van der Waals surface area contributed by atoms with Crippen molar-refractivity contribution in [2.45, 2.75) is 32.4 Å². The van der Waals surface area contributed by atoms with Crippen LogP contribution in [0.25, 0.3) is 0 Å². The van der Waals surface area contributed by atoms with Crippen molar-refractivity contribution >= 4 is 0 Å². The Morgan fingerprint density at radius 1 is 1.13 bits per heavy atom. The minimum Gasteiger partial charge on any atom is -0.166 e. The number of hydrogen-bond donors (Lipinski definition) is 0. The van der Waals surface area contributed by atoms with E-state index < -0.39 is 11.7 Å². The fourth-order valence-electron chi connectivity index (χ4n) is 1.15. The van der Waals surface area contributed by atoms with Crippen molar-refractivity contribution in [1.29, 1.82) is 0 Å². The molecular formula is C12H15F3. The zero-order valence-electron chi connectivity index (χ0n) is 8.72. The van der Waals surface area contributed by atoms with Gasteiger partial charge in [-0.3, -0.25) is 0 Å². The van der Waals surface area contributed by atoms with Crippen LogP contribution in [0.3, 0.4) is 0 Å². The predicted molar refractivity (Wildman–Crippen MR) is 54.5 cm³/mol. The van der Waals surface area contributed by atoms with Gasteiger partial charge >= 0.3 is 6.18 Å². The Labute approximate surface area is 88.1 Å². The fraction of sp³-hybridized carbons (Fsp3) is 0.500. The van der Waals surface area contributed by atoms with Crippen LogP contribution in [0.4, 0.5) is 13.2 Å². The molecule has 1 aromatic rings. The second-order valence-corrected chi connectivity index (χ2v) is 3.72. The molecule has 0 unspecified atom stereocenters. The molecular weight excluding hydrogens is 201 g/mol. The van der Waals surface area contributed by atoms with Gasteiger partial charge in [0.05, 0.1) is 5.56 Å². The maximum Gasteiger partial charge on any atom is 0.416 e. The van der Waals surface area contributed by atoms with Gasteiger partial charge < -0.3 is 0 Å². The summed E-state index contributed by atoms with van der Waals surface area (Å²) < 4.78 is 35.4. The first-order valence-corrected chi connectivity index (χ1v) is 5.16. The van der Waals surface area contributed by atoms with E-state index in [9.17, 15) is 13.2 Å². The lowest BCUT2D eigenvalue weighted by atomic mass is 10.2. The summed E-state index contributed by atoms with van der Waals surface area (Å²) in [5, 5.41) is 0. The third kappa shape index (κ3) is 4.86. The van der Waals surface area contributed by atoms with Crippen molar-refractivity contribution in [2.24, 2.45) is 5.92 Å². The Morgan fingerprint density at radius 2 is 1.67 bits per heavy atom. The van der Waals surface area contributed by atoms with Gasteiger partial charge in [0.15, 0.2) is 0 Å². The lowest BCUT2D eigenvalue weighted by molar-refractivity contribution is -0.137. The number of halogens is 3. The number of rotatable bonds is 1. The molecule has 1 aromatic carbocycles. The second-order valence-electron chi connectivity index (χ2n) is 3.72. The summed E-state index contributed by atoms with van der Waals surface area (Å²) in [7, 11) is 0. The topological polar surface area (TPSA) is 0 Å². The van der Waals surface area contributed by atoms with Crippen molar-refractivity contribution in [3.63, 3.8) is 0 Å². The third-order valence-electron chi connectivity index (χ3n) is 2.38. The van der Waals surface area contributed by atoms with Crippen molar-refractivity contribution in [1.82, 2.24) is 0 Å². The SMILES string of the molecule is CCC1CC1.FC(F)(F)c1ccccc1. The maximum absolute atomic E-state index is 11.8. The minimum atomic E-state index is -4.21. The molecule has 2 rings (SSSR count). The summed E-state index contributed by atoms with van der Waals surface area (Å²) in [5.74, 6) is 1.13. The monoisotopic (exact) mass is 216 g/mol. The van der Waals surface area contributed by atoms with Gasteiger partial charge in [-0.2, -0.15) is 13.2 Å². The molecule has 0 heterocycles. The molecule has 0 bridgehead atoms. The molecule has 0 radical (unpaired) electrons. The van der Waals surface area contributed by atoms with Crippen LogP contribution in [0, 0.1) is 5.92 Å². The standard InChI is InChI=1S/C7H5F3.C5H10/c8-7(9,10)6-4-2-1-3-5-6;1-2-5-3-4-5/h1-5H;5H,2-4H2,1H3. The van der Waals surface area contributed by atoms with Crippen LogP contribution < -0.4 is 0 Å². The maximum atomic E-state index is 11.8. The van der Waals surface area contributed by atoms with Crippen LogP contribution in [0.2, 0.25) is 0 Å². The summed E-state index contributed by atoms with van der Waals surface area (Å²) >= 11 is 0. The molecule has 0 spiro atoms. The van der Waals surface area contributed by atoms with E-state index in [1.54, 1.807) is 6.07 Å². The molecule has 0 saturated heterocycles. The van der Waals surface area contributed by atoms with Gasteiger partial charge in [0.1, 0.15) is 0 Å². The van der Waals surface area contributed by atoms with Crippen LogP contribution in [0.1, 0.15) is 31.7 Å². The Hall–Kier alpha value is -0.990. The van der Waals surface area contributed by atoms with Gasteiger partial charge in [-0.1, -0.05) is 56.5 Å². The summed E-state index contributed by atoms with van der Waals surface area (Å²) in [6.45, 7) is 2.26. The summed E-state index contributed by atoms with van der Waals surface area (Å²) in [5.41, 5.74) is -0.602. The third-order valence-corrected chi connectivity index (χ3v) is 2.38. The lowest BCUT2D eigenvalue weighted by Gasteiger charge is -2.03. The summed E-state index contributed by atoms with van der Waals surface area (Å²) in [6, 6.07) is 6.36. The molecule has 0 aliphatic heterocycles. The second kappa shape index (κ2) is 5.19. The fourth-order valence-corrected chi connectivity index (χ4v) is 1.15. The molecule has 3 heteroatoms. The molecule has 0 N–H and O–H groups in total. The molecule has 1 aliphatic carbocycles. The largest absolute Gasteiger partial charge is 0.416 e. The lowest BCUT2D eigenvalue weighted by Crippen LogP contribution is -2.03. The highest BCUT2D eigenvalue weighted by atomic mass is 19.4. The first-order chi connectivity index (χ1) is 7.04. The first kappa shape index (κ1) is 12.1. The normalized spacial score (nSPS) is 15.5. The smallest absolute Gasteiger partial charge is 0.166 e. The average Bonchev–Trinajstić information content (AvgIpc) is 3.02. The highest BCUT2D eigenvalue weighted by molar-refractivity contribution is 5.17. The van der Waals surface area contributed by atoms with E-state index in [-0.39, 0.29) is 0 Å². The Kier molecular flexibility index (Phi) is 4.18. The van der Waals surface area contributed by atoms with E-state index in [0.717, 1.165) is 18.1 Å². The van der Waals surface area contributed by atoms with Crippen molar-refractivity contribution < 1.29 is 13.2 Å². The van der Waals surface area contributed by atoms with Crippen molar-refractivity contribution in [2.75, 3.05) is 0 Å². The quantitative estimate of drug-likeness (QED) is 0.647. The van der Waals surface area contributed by atoms with Crippen LogP contribution >= 0.6 is 0 Å². The van der Waals surface area contributed by atoms with Crippen molar-refractivity contribution in [3.8, 4) is 0 Å².